The van der Waals surface area contributed by atoms with E-state index in [9.17, 15) is 0 Å². The Morgan fingerprint density at radius 3 is 2.89 bits per heavy atom. The molecule has 0 spiro atoms. The lowest BCUT2D eigenvalue weighted by Gasteiger charge is -2.29. The maximum Gasteiger partial charge on any atom is 0.126 e. The number of benzene rings is 2. The van der Waals surface area contributed by atoms with Crippen molar-refractivity contribution in [2.45, 2.75) is 6.17 Å². The minimum atomic E-state index is 0.198. The molecule has 2 aromatic carbocycles. The summed E-state index contributed by atoms with van der Waals surface area (Å²) in [5.74, 6) is 0. The summed E-state index contributed by atoms with van der Waals surface area (Å²) in [6.45, 7) is 0. The van der Waals surface area contributed by atoms with Gasteiger partial charge in [-0.15, -0.1) is 0 Å². The SMILES string of the molecule is CN1c2ccc(Cl)cc2C2=Cc3ccccc3NC21. The van der Waals surface area contributed by atoms with Crippen LogP contribution in [-0.4, -0.2) is 13.2 Å². The standard InChI is InChI=1S/C16H13ClN2/c1-19-15-7-6-11(17)9-12(15)13-8-10-4-2-3-5-14(10)18-16(13)19/h2-9,16,18H,1H3. The molecule has 0 aromatic heterocycles. The summed E-state index contributed by atoms with van der Waals surface area (Å²) in [4.78, 5) is 2.26. The summed E-state index contributed by atoms with van der Waals surface area (Å²) >= 11 is 6.14. The molecule has 1 atom stereocenters. The Labute approximate surface area is 117 Å². The summed E-state index contributed by atoms with van der Waals surface area (Å²) in [6, 6.07) is 14.5. The molecule has 0 amide bonds. The molecule has 0 bridgehead atoms. The van der Waals surface area contributed by atoms with Crippen LogP contribution in [0.3, 0.4) is 0 Å². The highest BCUT2D eigenvalue weighted by atomic mass is 35.5. The monoisotopic (exact) mass is 268 g/mol. The number of nitrogens with zero attached hydrogens (tertiary/aromatic N) is 1. The zero-order chi connectivity index (χ0) is 13.0. The molecule has 4 rings (SSSR count). The number of halogens is 1. The van der Waals surface area contributed by atoms with Crippen LogP contribution in [0.1, 0.15) is 11.1 Å². The van der Waals surface area contributed by atoms with Gasteiger partial charge in [0.25, 0.3) is 0 Å². The maximum atomic E-state index is 6.14. The summed E-state index contributed by atoms with van der Waals surface area (Å²) in [5.41, 5.74) is 6.15. The zero-order valence-electron chi connectivity index (χ0n) is 10.5. The Balaban J connectivity index is 1.94. The van der Waals surface area contributed by atoms with Crippen molar-refractivity contribution in [1.82, 2.24) is 0 Å². The molecule has 0 fully saturated rings. The molecule has 2 heterocycles. The number of anilines is 2. The third-order valence-electron chi connectivity index (χ3n) is 3.90. The van der Waals surface area contributed by atoms with E-state index in [4.69, 9.17) is 11.6 Å². The molecule has 2 aliphatic rings. The number of fused-ring (bicyclic) bond motifs is 4. The third-order valence-corrected chi connectivity index (χ3v) is 4.13. The highest BCUT2D eigenvalue weighted by molar-refractivity contribution is 6.31. The zero-order valence-corrected chi connectivity index (χ0v) is 11.3. The highest BCUT2D eigenvalue weighted by Gasteiger charge is 2.33. The number of nitrogens with one attached hydrogen (secondary N) is 1. The van der Waals surface area contributed by atoms with Crippen LogP contribution in [-0.2, 0) is 0 Å². The van der Waals surface area contributed by atoms with E-state index < -0.39 is 0 Å². The van der Waals surface area contributed by atoms with E-state index in [1.807, 2.05) is 6.07 Å². The second-order valence-electron chi connectivity index (χ2n) is 5.01. The Kier molecular flexibility index (Phi) is 2.18. The van der Waals surface area contributed by atoms with Crippen molar-refractivity contribution in [3.8, 4) is 0 Å². The predicted molar refractivity (Wildman–Crippen MR) is 81.6 cm³/mol. The lowest BCUT2D eigenvalue weighted by molar-refractivity contribution is 0.883. The van der Waals surface area contributed by atoms with Gasteiger partial charge in [-0.25, -0.2) is 0 Å². The van der Waals surface area contributed by atoms with E-state index in [0.717, 1.165) is 5.02 Å². The lowest BCUT2D eigenvalue weighted by atomic mass is 9.98. The van der Waals surface area contributed by atoms with Gasteiger partial charge >= 0.3 is 0 Å². The van der Waals surface area contributed by atoms with Crippen molar-refractivity contribution in [1.29, 1.82) is 0 Å². The van der Waals surface area contributed by atoms with Crippen molar-refractivity contribution in [2.75, 3.05) is 17.3 Å². The molecule has 1 N–H and O–H groups in total. The minimum absolute atomic E-state index is 0.198. The average molecular weight is 269 g/mol. The van der Waals surface area contributed by atoms with Crippen LogP contribution >= 0.6 is 11.6 Å². The summed E-state index contributed by atoms with van der Waals surface area (Å²) in [5, 5.41) is 4.37. The van der Waals surface area contributed by atoms with Crippen molar-refractivity contribution in [3.63, 3.8) is 0 Å². The van der Waals surface area contributed by atoms with Gasteiger partial charge < -0.3 is 10.2 Å². The third kappa shape index (κ3) is 1.50. The first kappa shape index (κ1) is 10.9. The van der Waals surface area contributed by atoms with Crippen LogP contribution in [0.2, 0.25) is 5.02 Å². The second kappa shape index (κ2) is 3.78. The Hall–Kier alpha value is -1.93. The molecule has 0 radical (unpaired) electrons. The lowest BCUT2D eigenvalue weighted by Crippen LogP contribution is -2.36. The van der Waals surface area contributed by atoms with E-state index in [0.29, 0.717) is 0 Å². The summed E-state index contributed by atoms with van der Waals surface area (Å²) < 4.78 is 0. The number of likely N-dealkylation sites (N-methyl/N-ethyl adjacent to an activating group) is 1. The summed E-state index contributed by atoms with van der Waals surface area (Å²) in [7, 11) is 2.11. The molecule has 2 aromatic rings. The average Bonchev–Trinajstić information content (AvgIpc) is 2.69. The van der Waals surface area contributed by atoms with Crippen LogP contribution < -0.4 is 10.2 Å². The number of hydrogen-bond acceptors (Lipinski definition) is 2. The van der Waals surface area contributed by atoms with E-state index in [2.05, 4.69) is 59.7 Å². The van der Waals surface area contributed by atoms with Crippen molar-refractivity contribution in [2.24, 2.45) is 0 Å². The van der Waals surface area contributed by atoms with Crippen LogP contribution in [0.5, 0.6) is 0 Å². The van der Waals surface area contributed by atoms with Crippen LogP contribution in [0, 0.1) is 0 Å². The molecule has 0 saturated carbocycles. The van der Waals surface area contributed by atoms with Gasteiger partial charge in [-0.2, -0.15) is 0 Å². The maximum absolute atomic E-state index is 6.14. The van der Waals surface area contributed by atoms with Gasteiger partial charge in [0.1, 0.15) is 6.17 Å². The van der Waals surface area contributed by atoms with E-state index >= 15 is 0 Å². The molecule has 0 saturated heterocycles. The van der Waals surface area contributed by atoms with Crippen molar-refractivity contribution >= 4 is 34.6 Å². The van der Waals surface area contributed by atoms with Gasteiger partial charge in [0.15, 0.2) is 0 Å². The Morgan fingerprint density at radius 1 is 1.16 bits per heavy atom. The van der Waals surface area contributed by atoms with Gasteiger partial charge in [0.2, 0.25) is 0 Å². The van der Waals surface area contributed by atoms with Crippen LogP contribution in [0.25, 0.3) is 11.6 Å². The fourth-order valence-electron chi connectivity index (χ4n) is 2.94. The molecule has 0 aliphatic carbocycles. The largest absolute Gasteiger partial charge is 0.361 e. The number of para-hydroxylation sites is 1. The molecule has 2 aliphatic heterocycles. The van der Waals surface area contributed by atoms with Gasteiger partial charge in [0.05, 0.1) is 0 Å². The Bertz CT molecular complexity index is 706. The van der Waals surface area contributed by atoms with E-state index in [1.165, 1.54) is 28.1 Å². The normalized spacial score (nSPS) is 19.2. The quantitative estimate of drug-likeness (QED) is 0.774. The fourth-order valence-corrected chi connectivity index (χ4v) is 3.11. The smallest absolute Gasteiger partial charge is 0.126 e. The van der Waals surface area contributed by atoms with E-state index in [-0.39, 0.29) is 6.17 Å². The van der Waals surface area contributed by atoms with Gasteiger partial charge in [-0.3, -0.25) is 0 Å². The first-order valence-corrected chi connectivity index (χ1v) is 6.72. The van der Waals surface area contributed by atoms with Crippen LogP contribution in [0.15, 0.2) is 42.5 Å². The predicted octanol–water partition coefficient (Wildman–Crippen LogP) is 4.08. The first-order valence-electron chi connectivity index (χ1n) is 6.34. The number of hydrogen-bond donors (Lipinski definition) is 1. The molecular weight excluding hydrogens is 256 g/mol. The molecule has 2 nitrogen and oxygen atoms in total. The van der Waals surface area contributed by atoms with Crippen molar-refractivity contribution in [3.05, 3.63) is 58.6 Å². The number of rotatable bonds is 0. The van der Waals surface area contributed by atoms with Crippen molar-refractivity contribution < 1.29 is 0 Å². The van der Waals surface area contributed by atoms with Gasteiger partial charge in [-0.05, 0) is 35.9 Å². The fraction of sp³-hybridized carbons (Fsp3) is 0.125. The van der Waals surface area contributed by atoms with Gasteiger partial charge in [-0.1, -0.05) is 29.8 Å². The molecule has 94 valence electrons. The molecule has 19 heavy (non-hydrogen) atoms. The summed E-state index contributed by atoms with van der Waals surface area (Å²) in [6.07, 6.45) is 2.46. The topological polar surface area (TPSA) is 15.3 Å². The Morgan fingerprint density at radius 2 is 2.00 bits per heavy atom. The molecule has 1 unspecified atom stereocenters. The highest BCUT2D eigenvalue weighted by Crippen LogP contribution is 2.44. The van der Waals surface area contributed by atoms with Gasteiger partial charge in [0, 0.05) is 34.6 Å². The van der Waals surface area contributed by atoms with Crippen LogP contribution in [0.4, 0.5) is 11.4 Å². The minimum Gasteiger partial charge on any atom is -0.361 e. The van der Waals surface area contributed by atoms with E-state index in [1.54, 1.807) is 0 Å². The molecular formula is C16H13ClN2. The second-order valence-corrected chi connectivity index (χ2v) is 5.44. The molecule has 3 heteroatoms. The first-order chi connectivity index (χ1) is 9.24.